The maximum absolute atomic E-state index is 13.5. The third-order valence-electron chi connectivity index (χ3n) is 8.48. The normalized spacial score (nSPS) is 25.5. The number of aliphatic hydroxyl groups is 1. The van der Waals surface area contributed by atoms with Crippen LogP contribution in [0.2, 0.25) is 0 Å². The second-order valence-corrected chi connectivity index (χ2v) is 11.8. The molecule has 2 fully saturated rings. The lowest BCUT2D eigenvalue weighted by Gasteiger charge is -2.49. The summed E-state index contributed by atoms with van der Waals surface area (Å²) in [6.45, 7) is 8.72. The van der Waals surface area contributed by atoms with Crippen LogP contribution in [0, 0.1) is 5.82 Å². The van der Waals surface area contributed by atoms with E-state index in [0.717, 1.165) is 60.4 Å². The fourth-order valence-electron chi connectivity index (χ4n) is 6.18. The second kappa shape index (κ2) is 10.7. The number of aliphatic imine (C=N–C) groups is 1. The van der Waals surface area contributed by atoms with E-state index in [1.165, 1.54) is 12.1 Å². The fourth-order valence-corrected chi connectivity index (χ4v) is 7.00. The number of hydrogen-bond acceptors (Lipinski definition) is 9. The SMILES string of the molecule is CCC1(N2CCN(CC(=O)N3CC(O)C3)CC2)N=C2C(C)=CC=CN2C1N(C)c1nc(-c2ccc(F)cc2)cs1. The Hall–Kier alpha value is -3.12. The standard InChI is InChI=1S/C29H36FN7O2S/c1-4-29(36-14-12-34(13-15-36)18-25(39)35-16-23(38)17-35)27(37-11-5-6-20(2)26(37)32-29)33(3)28-31-24(19-40-28)21-7-9-22(30)10-8-21/h5-11,19,23,27,38H,4,12-18H2,1-3H3. The molecule has 2 atom stereocenters. The van der Waals surface area contributed by atoms with Crippen LogP contribution in [0.3, 0.4) is 0 Å². The van der Waals surface area contributed by atoms with Crippen LogP contribution in [0.1, 0.15) is 20.3 Å². The monoisotopic (exact) mass is 565 g/mol. The Labute approximate surface area is 238 Å². The summed E-state index contributed by atoms with van der Waals surface area (Å²) < 4.78 is 13.5. The average Bonchev–Trinajstić information content (AvgIpc) is 3.56. The van der Waals surface area contributed by atoms with Gasteiger partial charge in [-0.3, -0.25) is 14.6 Å². The minimum absolute atomic E-state index is 0.0893. The molecule has 2 unspecified atom stereocenters. The van der Waals surface area contributed by atoms with Crippen LogP contribution in [0.15, 0.2) is 58.6 Å². The lowest BCUT2D eigenvalue weighted by molar-refractivity contribution is -0.143. The molecule has 40 heavy (non-hydrogen) atoms. The molecule has 0 saturated carbocycles. The number of likely N-dealkylation sites (tertiary alicyclic amines) is 1. The number of allylic oxidation sites excluding steroid dienone is 2. The van der Waals surface area contributed by atoms with Crippen LogP contribution in [-0.4, -0.2) is 112 Å². The van der Waals surface area contributed by atoms with Crippen molar-refractivity contribution >= 4 is 28.2 Å². The van der Waals surface area contributed by atoms with Gasteiger partial charge >= 0.3 is 0 Å². The number of carbonyl (C=O) groups excluding carboxylic acids is 1. The second-order valence-electron chi connectivity index (χ2n) is 11.0. The van der Waals surface area contributed by atoms with E-state index in [4.69, 9.17) is 9.98 Å². The topological polar surface area (TPSA) is 78.8 Å². The highest BCUT2D eigenvalue weighted by atomic mass is 32.1. The van der Waals surface area contributed by atoms with Gasteiger partial charge in [0, 0.05) is 63.5 Å². The number of amidine groups is 1. The highest BCUT2D eigenvalue weighted by Crippen LogP contribution is 2.42. The number of nitrogens with zero attached hydrogens (tertiary/aromatic N) is 7. The number of benzene rings is 1. The van der Waals surface area contributed by atoms with Gasteiger partial charge in [0.15, 0.2) is 10.8 Å². The van der Waals surface area contributed by atoms with Crippen molar-refractivity contribution in [2.24, 2.45) is 4.99 Å². The number of aliphatic hydroxyl groups excluding tert-OH is 1. The van der Waals surface area contributed by atoms with E-state index < -0.39 is 5.66 Å². The number of piperazine rings is 1. The molecule has 0 aliphatic carbocycles. The summed E-state index contributed by atoms with van der Waals surface area (Å²) in [5.41, 5.74) is 2.33. The Kier molecular flexibility index (Phi) is 7.24. The zero-order valence-corrected chi connectivity index (χ0v) is 24.0. The van der Waals surface area contributed by atoms with Crippen LogP contribution in [0.4, 0.5) is 9.52 Å². The van der Waals surface area contributed by atoms with Gasteiger partial charge in [0.2, 0.25) is 5.91 Å². The molecule has 0 bridgehead atoms. The third kappa shape index (κ3) is 4.74. The molecule has 212 valence electrons. The Bertz CT molecular complexity index is 1340. The van der Waals surface area contributed by atoms with Crippen molar-refractivity contribution < 1.29 is 14.3 Å². The molecule has 1 aromatic carbocycles. The maximum atomic E-state index is 13.5. The molecule has 5 heterocycles. The summed E-state index contributed by atoms with van der Waals surface area (Å²) in [6.07, 6.45) is 6.60. The van der Waals surface area contributed by atoms with Gasteiger partial charge in [0.25, 0.3) is 0 Å². The Balaban J connectivity index is 1.24. The predicted octanol–water partition coefficient (Wildman–Crippen LogP) is 2.83. The average molecular weight is 566 g/mol. The lowest BCUT2D eigenvalue weighted by Crippen LogP contribution is -2.66. The molecule has 9 nitrogen and oxygen atoms in total. The van der Waals surface area contributed by atoms with E-state index in [1.807, 2.05) is 5.38 Å². The van der Waals surface area contributed by atoms with Crippen molar-refractivity contribution in [1.82, 2.24) is 24.6 Å². The van der Waals surface area contributed by atoms with Crippen LogP contribution >= 0.6 is 11.3 Å². The first-order valence-corrected chi connectivity index (χ1v) is 14.8. The molecule has 1 amide bonds. The molecule has 4 aliphatic heterocycles. The first kappa shape index (κ1) is 27.1. The number of halogens is 1. The van der Waals surface area contributed by atoms with E-state index >= 15 is 0 Å². The number of rotatable bonds is 7. The number of hydrogen-bond donors (Lipinski definition) is 1. The highest BCUT2D eigenvalue weighted by Gasteiger charge is 2.54. The van der Waals surface area contributed by atoms with Crippen molar-refractivity contribution in [2.45, 2.75) is 38.2 Å². The van der Waals surface area contributed by atoms with E-state index in [2.05, 4.69) is 58.8 Å². The van der Waals surface area contributed by atoms with Crippen molar-refractivity contribution in [3.8, 4) is 11.3 Å². The molecule has 2 aromatic rings. The van der Waals surface area contributed by atoms with Crippen molar-refractivity contribution in [2.75, 3.05) is 57.8 Å². The zero-order chi connectivity index (χ0) is 28.0. The number of anilines is 1. The number of carbonyl (C=O) groups is 1. The molecule has 1 aromatic heterocycles. The van der Waals surface area contributed by atoms with E-state index in [1.54, 1.807) is 28.4 Å². The number of aromatic nitrogens is 1. The Morgan fingerprint density at radius 2 is 1.93 bits per heavy atom. The van der Waals surface area contributed by atoms with Gasteiger partial charge in [-0.05, 0) is 49.3 Å². The van der Waals surface area contributed by atoms with Crippen molar-refractivity contribution in [1.29, 1.82) is 0 Å². The van der Waals surface area contributed by atoms with E-state index in [-0.39, 0.29) is 24.0 Å². The van der Waals surface area contributed by atoms with Gasteiger partial charge in [-0.2, -0.15) is 0 Å². The largest absolute Gasteiger partial charge is 0.389 e. The van der Waals surface area contributed by atoms with Crippen molar-refractivity contribution in [3.05, 3.63) is 59.4 Å². The molecule has 2 saturated heterocycles. The summed E-state index contributed by atoms with van der Waals surface area (Å²) >= 11 is 1.58. The summed E-state index contributed by atoms with van der Waals surface area (Å²) in [5, 5.41) is 12.4. The summed E-state index contributed by atoms with van der Waals surface area (Å²) in [6, 6.07) is 6.45. The zero-order valence-electron chi connectivity index (χ0n) is 23.2. The lowest BCUT2D eigenvalue weighted by atomic mass is 9.99. The fraction of sp³-hybridized carbons (Fsp3) is 0.483. The number of β-amino-alcohol motifs (C(OH)–C–C–N with tert-alkyl or cyclic N) is 1. The molecular formula is C29H36FN7O2S. The van der Waals surface area contributed by atoms with Gasteiger partial charge in [0.05, 0.1) is 18.3 Å². The summed E-state index contributed by atoms with van der Waals surface area (Å²) in [4.78, 5) is 33.9. The number of thiazole rings is 1. The van der Waals surface area contributed by atoms with Gasteiger partial charge in [-0.1, -0.05) is 13.0 Å². The molecule has 11 heteroatoms. The molecule has 1 N–H and O–H groups in total. The number of likely N-dealkylation sites (N-methyl/N-ethyl adjacent to an activating group) is 1. The highest BCUT2D eigenvalue weighted by molar-refractivity contribution is 7.14. The summed E-state index contributed by atoms with van der Waals surface area (Å²) in [5.74, 6) is 0.806. The van der Waals surface area contributed by atoms with Crippen LogP contribution in [0.25, 0.3) is 11.3 Å². The van der Waals surface area contributed by atoms with E-state index in [9.17, 15) is 14.3 Å². The smallest absolute Gasteiger partial charge is 0.236 e. The molecular weight excluding hydrogens is 529 g/mol. The van der Waals surface area contributed by atoms with Crippen LogP contribution < -0.4 is 4.90 Å². The number of fused-ring (bicyclic) bond motifs is 1. The summed E-state index contributed by atoms with van der Waals surface area (Å²) in [7, 11) is 2.08. The third-order valence-corrected chi connectivity index (χ3v) is 9.41. The molecule has 0 spiro atoms. The van der Waals surface area contributed by atoms with Gasteiger partial charge in [-0.15, -0.1) is 11.3 Å². The number of amides is 1. The predicted molar refractivity (Wildman–Crippen MR) is 155 cm³/mol. The van der Waals surface area contributed by atoms with Crippen LogP contribution in [0.5, 0.6) is 0 Å². The van der Waals surface area contributed by atoms with Crippen molar-refractivity contribution in [3.63, 3.8) is 0 Å². The minimum atomic E-state index is -0.507. The van der Waals surface area contributed by atoms with Gasteiger partial charge in [-0.25, -0.2) is 14.4 Å². The minimum Gasteiger partial charge on any atom is -0.389 e. The Morgan fingerprint density at radius 3 is 2.60 bits per heavy atom. The molecule has 4 aliphatic rings. The van der Waals surface area contributed by atoms with Gasteiger partial charge in [0.1, 0.15) is 17.8 Å². The Morgan fingerprint density at radius 1 is 1.20 bits per heavy atom. The first-order valence-electron chi connectivity index (χ1n) is 13.9. The van der Waals surface area contributed by atoms with Crippen LogP contribution in [-0.2, 0) is 4.79 Å². The molecule has 0 radical (unpaired) electrons. The first-order chi connectivity index (χ1) is 19.3. The van der Waals surface area contributed by atoms with E-state index in [0.29, 0.717) is 19.6 Å². The van der Waals surface area contributed by atoms with Gasteiger partial charge < -0.3 is 19.8 Å². The molecule has 6 rings (SSSR count). The quantitative estimate of drug-likeness (QED) is 0.553. The maximum Gasteiger partial charge on any atom is 0.236 e.